The molecule has 0 aromatic heterocycles. The SMILES string of the molecule is CC(C)CC(=O)O[C@@H]1[C@@H](O[C@H]2[C@H](O)[C@H](O)[C@@H](Oc3ccc(C[C@H]4NC(=O)[C@H]([C@@H](C)c5ccccc5)N=C([O-])C[NH+]=C(O)[C@H](CO)NC(=O)[C@@H]([C@H](O)[C@@H]5CNC(N)=[N+]5[C@H]5O[C@H](CO)[C@@H](O)[C@H](O)[C@@H]5O)NC(=O)[C@H]([C@H](O)[C@@H]5C[NH+]=C(N)N5)NC4=O)cc3)O[C@@H]2CO)O[C@H](CO)[C@@H](O)[C@@H]1O. The summed E-state index contributed by atoms with van der Waals surface area (Å²) in [6, 6.07) is 0.968. The van der Waals surface area contributed by atoms with Crippen molar-refractivity contribution in [3.63, 3.8) is 0 Å². The Kier molecular flexibility index (Phi) is 25.8. The van der Waals surface area contributed by atoms with Gasteiger partial charge in [0.1, 0.15) is 128 Å². The number of aliphatic hydroxyl groups is 14. The predicted molar refractivity (Wildman–Crippen MR) is 324 cm³/mol. The number of benzene rings is 2. The highest BCUT2D eigenvalue weighted by molar-refractivity contribution is 5.97. The van der Waals surface area contributed by atoms with Crippen LogP contribution < -0.4 is 63.2 Å². The van der Waals surface area contributed by atoms with Crippen molar-refractivity contribution in [1.29, 1.82) is 0 Å². The van der Waals surface area contributed by atoms with Crippen LogP contribution in [-0.2, 0) is 54.1 Å². The fourth-order valence-electron chi connectivity index (χ4n) is 11.9. The molecule has 0 saturated carbocycles. The van der Waals surface area contributed by atoms with Crippen LogP contribution in [0.3, 0.4) is 0 Å². The second-order valence-electron chi connectivity index (χ2n) is 24.7. The first-order valence-electron chi connectivity index (χ1n) is 31.3. The molecule has 2 aromatic carbocycles. The summed E-state index contributed by atoms with van der Waals surface area (Å²) in [6.07, 6.45) is -31.7. The van der Waals surface area contributed by atoms with Gasteiger partial charge in [-0.05, 0) is 29.2 Å². The van der Waals surface area contributed by atoms with Crippen LogP contribution in [0.5, 0.6) is 5.75 Å². The number of ether oxygens (including phenoxy) is 6. The number of carbonyl (C=O) groups excluding carboxylic acids is 5. The van der Waals surface area contributed by atoms with Gasteiger partial charge >= 0.3 is 23.8 Å². The molecule has 25 atom stereocenters. The first-order valence-corrected chi connectivity index (χ1v) is 31.3. The van der Waals surface area contributed by atoms with Crippen molar-refractivity contribution in [2.75, 3.05) is 46.1 Å². The number of nitrogens with zero attached hydrogens (tertiary/aromatic N) is 2. The van der Waals surface area contributed by atoms with E-state index in [-0.39, 0.29) is 42.1 Å². The molecule has 0 radical (unpaired) electrons. The number of aliphatic hydroxyl groups excluding tert-OH is 14. The van der Waals surface area contributed by atoms with Gasteiger partial charge in [-0.1, -0.05) is 63.2 Å². The zero-order chi connectivity index (χ0) is 70.9. The molecule has 6 aliphatic rings. The third-order valence-electron chi connectivity index (χ3n) is 17.4. The third-order valence-corrected chi connectivity index (χ3v) is 17.4. The Morgan fingerprint density at radius 3 is 1.91 bits per heavy atom. The first-order chi connectivity index (χ1) is 46.1. The fourth-order valence-corrected chi connectivity index (χ4v) is 11.9. The lowest BCUT2D eigenvalue weighted by Crippen LogP contribution is -2.80. The number of nitrogens with one attached hydrogen (secondary N) is 8. The average Bonchev–Trinajstić information content (AvgIpc) is 1.73. The number of aliphatic imine (C=N–C) groups is 1. The predicted octanol–water partition coefficient (Wildman–Crippen LogP) is -16.1. The maximum Gasteiger partial charge on any atom is 0.358 e. The van der Waals surface area contributed by atoms with Crippen molar-refractivity contribution in [1.82, 2.24) is 31.9 Å². The number of amides is 4. The van der Waals surface area contributed by atoms with E-state index in [1.807, 2.05) is 0 Å². The van der Waals surface area contributed by atoms with Crippen molar-refractivity contribution in [2.45, 2.75) is 186 Å². The fraction of sp³-hybridized carbons (Fsp3) is 0.644. The lowest BCUT2D eigenvalue weighted by atomic mass is 9.92. The van der Waals surface area contributed by atoms with Crippen molar-refractivity contribution < 1.29 is 144 Å². The van der Waals surface area contributed by atoms with Crippen molar-refractivity contribution >= 4 is 53.3 Å². The summed E-state index contributed by atoms with van der Waals surface area (Å²) in [5, 5.41) is 183. The van der Waals surface area contributed by atoms with Crippen molar-refractivity contribution in [3.05, 3.63) is 65.7 Å². The Labute approximate surface area is 553 Å². The summed E-state index contributed by atoms with van der Waals surface area (Å²) in [5.74, 6) is -9.62. The van der Waals surface area contributed by atoms with E-state index in [4.69, 9.17) is 39.9 Å². The van der Waals surface area contributed by atoms with E-state index in [2.05, 4.69) is 46.9 Å². The van der Waals surface area contributed by atoms with Crippen LogP contribution in [0.4, 0.5) is 0 Å². The molecular weight excluding hydrogens is 1290 g/mol. The van der Waals surface area contributed by atoms with E-state index in [0.717, 1.165) is 4.58 Å². The van der Waals surface area contributed by atoms with Gasteiger partial charge in [0, 0.05) is 24.7 Å². The van der Waals surface area contributed by atoms with Gasteiger partial charge in [-0.2, -0.15) is 0 Å². The topological polar surface area (TPSA) is 615 Å². The third kappa shape index (κ3) is 17.6. The number of esters is 1. The maximum absolute atomic E-state index is 15.2. The van der Waals surface area contributed by atoms with Crippen LogP contribution in [0.25, 0.3) is 0 Å². The van der Waals surface area contributed by atoms with Gasteiger partial charge < -0.3 is 126 Å². The van der Waals surface area contributed by atoms with Gasteiger partial charge in [-0.25, -0.2) is 9.57 Å². The second-order valence-corrected chi connectivity index (χ2v) is 24.7. The van der Waals surface area contributed by atoms with Gasteiger partial charge in [0.2, 0.25) is 36.1 Å². The first kappa shape index (κ1) is 75.2. The molecular formula is C59H88N12O26+2. The monoisotopic (exact) mass is 1380 g/mol. The summed E-state index contributed by atoms with van der Waals surface area (Å²) in [7, 11) is 0. The zero-order valence-electron chi connectivity index (χ0n) is 52.8. The lowest BCUT2D eigenvalue weighted by Gasteiger charge is -2.46. The highest BCUT2D eigenvalue weighted by Crippen LogP contribution is 2.33. The molecule has 6 heterocycles. The highest BCUT2D eigenvalue weighted by Gasteiger charge is 2.55. The largest absolute Gasteiger partial charge is 0.858 e. The Hall–Kier alpha value is -7.61. The Morgan fingerprint density at radius 2 is 1.28 bits per heavy atom. The summed E-state index contributed by atoms with van der Waals surface area (Å²) < 4.78 is 35.4. The van der Waals surface area contributed by atoms with Crippen LogP contribution in [0.2, 0.25) is 0 Å². The number of hydrogen-bond donors (Lipinski definition) is 24. The number of guanidine groups is 2. The molecule has 0 aliphatic carbocycles. The molecule has 6 aliphatic heterocycles. The average molecular weight is 1380 g/mol. The summed E-state index contributed by atoms with van der Waals surface area (Å²) in [5.41, 5.74) is 12.9. The van der Waals surface area contributed by atoms with E-state index < -0.39 is 240 Å². The smallest absolute Gasteiger partial charge is 0.358 e. The molecule has 97 heavy (non-hydrogen) atoms. The number of carbonyl (C=O) groups is 5. The quantitative estimate of drug-likeness (QED) is 0.0432. The van der Waals surface area contributed by atoms with Crippen LogP contribution >= 0.6 is 0 Å². The molecule has 3 saturated heterocycles. The van der Waals surface area contributed by atoms with Crippen molar-refractivity contribution in [2.24, 2.45) is 22.4 Å². The van der Waals surface area contributed by atoms with Crippen LogP contribution in [0.15, 0.2) is 59.6 Å². The molecule has 38 heteroatoms. The molecule has 538 valence electrons. The Bertz CT molecular complexity index is 3150. The van der Waals surface area contributed by atoms with Crippen LogP contribution in [-0.4, -0.2) is 322 Å². The lowest BCUT2D eigenvalue weighted by molar-refractivity contribution is -0.663. The van der Waals surface area contributed by atoms with E-state index in [1.54, 1.807) is 51.1 Å². The number of rotatable bonds is 20. The normalized spacial score (nSPS) is 35.9. The van der Waals surface area contributed by atoms with E-state index in [0.29, 0.717) is 5.56 Å². The van der Waals surface area contributed by atoms with Crippen molar-refractivity contribution in [3.8, 4) is 5.75 Å². The molecule has 3 fully saturated rings. The summed E-state index contributed by atoms with van der Waals surface area (Å²) in [6.45, 7) is -0.268. The minimum Gasteiger partial charge on any atom is -0.858 e. The molecule has 0 spiro atoms. The minimum atomic E-state index is -2.31. The molecule has 38 nitrogen and oxygen atoms in total. The summed E-state index contributed by atoms with van der Waals surface area (Å²) in [4.78, 5) is 81.8. The number of nitrogens with two attached hydrogens (primary N) is 2. The minimum absolute atomic E-state index is 0.0805. The molecule has 8 rings (SSSR count). The van der Waals surface area contributed by atoms with Gasteiger partial charge in [0.05, 0.1) is 33.0 Å². The van der Waals surface area contributed by atoms with Gasteiger partial charge in [-0.15, -0.1) is 0 Å². The van der Waals surface area contributed by atoms with E-state index in [9.17, 15) is 91.0 Å². The van der Waals surface area contributed by atoms with Gasteiger partial charge in [-0.3, -0.25) is 56.1 Å². The van der Waals surface area contributed by atoms with E-state index >= 15 is 9.59 Å². The van der Waals surface area contributed by atoms with Gasteiger partial charge in [0.25, 0.3) is 0 Å². The molecule has 4 amide bonds. The molecule has 0 bridgehead atoms. The maximum atomic E-state index is 15.2. The number of hydrogen-bond acceptors (Lipinski definition) is 30. The highest BCUT2D eigenvalue weighted by atomic mass is 16.7. The van der Waals surface area contributed by atoms with Crippen LogP contribution in [0, 0.1) is 5.92 Å². The van der Waals surface area contributed by atoms with Gasteiger partial charge in [0.15, 0.2) is 25.0 Å². The molecule has 26 N–H and O–H groups in total. The molecule has 2 aromatic rings. The Balaban J connectivity index is 1.11. The zero-order valence-corrected chi connectivity index (χ0v) is 52.8. The Morgan fingerprint density at radius 1 is 0.680 bits per heavy atom. The second kappa shape index (κ2) is 33.3. The molecule has 0 unspecified atom stereocenters. The standard InChI is InChI=1S/C59H86N12O26/c1-22(2)13-35(77)96-49-44(83)42(81)32(20-74)94-57(49)97-48-33(21-75)95-56(47(86)45(48)84)92-26-11-9-24(10-12-26)14-27-51(88)69-37(39(78)28-15-63-58(60)67-28)54(91)70-38(40(79)30-16-64-59(61)71(30)55-46(85)43(82)41(80)31(19-73)93-55)53(90)66-29(18-72)50(87)62-17-34(76)68-36(52(89)65-27)23(3)25-7-5-4-6-8-25/h4-12,22-23,27-33,36-49,55-57,72-75,78-86H,13-21H2,1-3H3,(H11,60,61,62,63,64,65,66,67,68,69,70,76,87,88,89,90,91)/p+2/t23-,27+,28-,29-,30-,31+,32+,33+,36-,37-,38+,39+,40+,41+,42+,43-,44-,45+,46-,47-,48+,49-,55-,56-,57+/m0/s1. The van der Waals surface area contributed by atoms with Crippen LogP contribution in [0.1, 0.15) is 44.2 Å². The van der Waals surface area contributed by atoms with E-state index in [1.165, 1.54) is 24.3 Å². The summed E-state index contributed by atoms with van der Waals surface area (Å²) >= 11 is 0.